The molecule has 2 aromatic heterocycles. The maximum atomic E-state index is 12.1. The van der Waals surface area contributed by atoms with E-state index in [0.29, 0.717) is 16.7 Å². The van der Waals surface area contributed by atoms with Gasteiger partial charge in [0.2, 0.25) is 0 Å². The Bertz CT molecular complexity index is 728. The summed E-state index contributed by atoms with van der Waals surface area (Å²) in [5.41, 5.74) is 6.51. The van der Waals surface area contributed by atoms with E-state index in [1.807, 2.05) is 18.2 Å². The van der Waals surface area contributed by atoms with Crippen LogP contribution in [0.15, 0.2) is 51.9 Å². The first kappa shape index (κ1) is 9.65. The summed E-state index contributed by atoms with van der Waals surface area (Å²) in [5.74, 6) is 0.202. The minimum absolute atomic E-state index is 0.202. The first-order valence-corrected chi connectivity index (χ1v) is 5.09. The molecule has 0 bridgehead atoms. The van der Waals surface area contributed by atoms with E-state index in [2.05, 4.69) is 5.10 Å². The van der Waals surface area contributed by atoms with Gasteiger partial charge in [-0.15, -0.1) is 5.10 Å². The number of nitrogen functional groups attached to an aromatic ring is 1. The molecule has 0 radical (unpaired) electrons. The summed E-state index contributed by atoms with van der Waals surface area (Å²) in [6.45, 7) is 0. The molecule has 5 nitrogen and oxygen atoms in total. The molecule has 0 spiro atoms. The molecule has 0 amide bonds. The van der Waals surface area contributed by atoms with Crippen molar-refractivity contribution in [3.05, 3.63) is 53.0 Å². The number of nitrogens with two attached hydrogens (primary N) is 1. The van der Waals surface area contributed by atoms with Crippen molar-refractivity contribution >= 4 is 16.8 Å². The number of anilines is 1. The van der Waals surface area contributed by atoms with Gasteiger partial charge in [0, 0.05) is 0 Å². The van der Waals surface area contributed by atoms with Crippen molar-refractivity contribution in [1.82, 2.24) is 9.78 Å². The van der Waals surface area contributed by atoms with Gasteiger partial charge in [0.15, 0.2) is 11.4 Å². The van der Waals surface area contributed by atoms with Gasteiger partial charge in [-0.05, 0) is 18.2 Å². The monoisotopic (exact) mass is 227 g/mol. The topological polar surface area (TPSA) is 74.0 Å². The van der Waals surface area contributed by atoms with E-state index < -0.39 is 0 Å². The van der Waals surface area contributed by atoms with Crippen molar-refractivity contribution in [3.8, 4) is 5.69 Å². The van der Waals surface area contributed by atoms with Crippen molar-refractivity contribution in [2.24, 2.45) is 0 Å². The standard InChI is InChI=1S/C12H9N3O2/c13-11-10-9(6-7-17-10)12(16)15(14-11)8-4-2-1-3-5-8/h1-7H,(H2,13,14). The van der Waals surface area contributed by atoms with E-state index >= 15 is 0 Å². The molecular weight excluding hydrogens is 218 g/mol. The number of hydrogen-bond donors (Lipinski definition) is 1. The largest absolute Gasteiger partial charge is 0.460 e. The van der Waals surface area contributed by atoms with E-state index in [0.717, 1.165) is 0 Å². The molecule has 0 aliphatic rings. The van der Waals surface area contributed by atoms with E-state index in [4.69, 9.17) is 10.2 Å². The van der Waals surface area contributed by atoms with Crippen LogP contribution in [0.5, 0.6) is 0 Å². The fourth-order valence-electron chi connectivity index (χ4n) is 1.73. The number of aromatic nitrogens is 2. The molecule has 0 saturated heterocycles. The smallest absolute Gasteiger partial charge is 0.282 e. The van der Waals surface area contributed by atoms with Crippen LogP contribution in [-0.4, -0.2) is 9.78 Å². The quantitative estimate of drug-likeness (QED) is 0.684. The van der Waals surface area contributed by atoms with Gasteiger partial charge < -0.3 is 10.2 Å². The Hall–Kier alpha value is -2.56. The highest BCUT2D eigenvalue weighted by Crippen LogP contribution is 2.17. The lowest BCUT2D eigenvalue weighted by Crippen LogP contribution is -2.22. The lowest BCUT2D eigenvalue weighted by molar-refractivity contribution is 0.613. The van der Waals surface area contributed by atoms with Gasteiger partial charge in [0.1, 0.15) is 0 Å². The first-order valence-electron chi connectivity index (χ1n) is 5.09. The third-order valence-corrected chi connectivity index (χ3v) is 2.53. The Kier molecular flexibility index (Phi) is 1.98. The molecule has 0 atom stereocenters. The summed E-state index contributed by atoms with van der Waals surface area (Å²) in [7, 11) is 0. The number of benzene rings is 1. The second-order valence-electron chi connectivity index (χ2n) is 3.60. The van der Waals surface area contributed by atoms with Crippen molar-refractivity contribution < 1.29 is 4.42 Å². The van der Waals surface area contributed by atoms with Crippen LogP contribution in [-0.2, 0) is 0 Å². The molecule has 3 rings (SSSR count). The van der Waals surface area contributed by atoms with Gasteiger partial charge in [-0.2, -0.15) is 4.68 Å². The van der Waals surface area contributed by atoms with Crippen LogP contribution in [0, 0.1) is 0 Å². The number of fused-ring (bicyclic) bond motifs is 1. The van der Waals surface area contributed by atoms with Gasteiger partial charge >= 0.3 is 0 Å². The number of rotatable bonds is 1. The first-order chi connectivity index (χ1) is 8.27. The van der Waals surface area contributed by atoms with Gasteiger partial charge in [-0.1, -0.05) is 18.2 Å². The third kappa shape index (κ3) is 1.40. The van der Waals surface area contributed by atoms with Crippen molar-refractivity contribution in [1.29, 1.82) is 0 Å². The van der Waals surface area contributed by atoms with E-state index in [1.54, 1.807) is 18.2 Å². The Morgan fingerprint density at radius 1 is 1.18 bits per heavy atom. The molecule has 3 aromatic rings. The summed E-state index contributed by atoms with van der Waals surface area (Å²) in [6.07, 6.45) is 1.43. The average molecular weight is 227 g/mol. The van der Waals surface area contributed by atoms with E-state index in [1.165, 1.54) is 10.9 Å². The van der Waals surface area contributed by atoms with Crippen molar-refractivity contribution in [3.63, 3.8) is 0 Å². The molecule has 2 N–H and O–H groups in total. The Morgan fingerprint density at radius 2 is 1.94 bits per heavy atom. The highest BCUT2D eigenvalue weighted by atomic mass is 16.3. The minimum atomic E-state index is -0.242. The van der Waals surface area contributed by atoms with Crippen LogP contribution in [0.3, 0.4) is 0 Å². The predicted molar refractivity (Wildman–Crippen MR) is 64.0 cm³/mol. The molecule has 2 heterocycles. The fraction of sp³-hybridized carbons (Fsp3) is 0. The molecular formula is C12H9N3O2. The predicted octanol–water partition coefficient (Wildman–Crippen LogP) is 1.56. The zero-order valence-electron chi connectivity index (χ0n) is 8.83. The summed E-state index contributed by atoms with van der Waals surface area (Å²) < 4.78 is 6.39. The Morgan fingerprint density at radius 3 is 2.71 bits per heavy atom. The maximum absolute atomic E-state index is 12.1. The number of para-hydroxylation sites is 1. The van der Waals surface area contributed by atoms with Gasteiger partial charge in [0.25, 0.3) is 5.56 Å². The maximum Gasteiger partial charge on any atom is 0.282 e. The Labute approximate surface area is 96.1 Å². The van der Waals surface area contributed by atoms with Gasteiger partial charge in [-0.3, -0.25) is 4.79 Å². The SMILES string of the molecule is Nc1nn(-c2ccccc2)c(=O)c2ccoc12. The molecule has 0 unspecified atom stereocenters. The van der Waals surface area contributed by atoms with Gasteiger partial charge in [0.05, 0.1) is 17.3 Å². The minimum Gasteiger partial charge on any atom is -0.460 e. The molecule has 0 aliphatic heterocycles. The third-order valence-electron chi connectivity index (χ3n) is 2.53. The van der Waals surface area contributed by atoms with Crippen LogP contribution >= 0.6 is 0 Å². The number of nitrogens with zero attached hydrogens (tertiary/aromatic N) is 2. The zero-order chi connectivity index (χ0) is 11.8. The fourth-order valence-corrected chi connectivity index (χ4v) is 1.73. The van der Waals surface area contributed by atoms with Gasteiger partial charge in [-0.25, -0.2) is 0 Å². The molecule has 0 aliphatic carbocycles. The van der Waals surface area contributed by atoms with Crippen LogP contribution in [0.4, 0.5) is 5.82 Å². The highest BCUT2D eigenvalue weighted by molar-refractivity contribution is 5.84. The van der Waals surface area contributed by atoms with Crippen molar-refractivity contribution in [2.45, 2.75) is 0 Å². The summed E-state index contributed by atoms with van der Waals surface area (Å²) in [5, 5.41) is 4.46. The van der Waals surface area contributed by atoms with E-state index in [9.17, 15) is 4.79 Å². The highest BCUT2D eigenvalue weighted by Gasteiger charge is 2.11. The molecule has 0 saturated carbocycles. The lowest BCUT2D eigenvalue weighted by Gasteiger charge is -2.04. The zero-order valence-corrected chi connectivity index (χ0v) is 8.83. The average Bonchev–Trinajstić information content (AvgIpc) is 2.85. The summed E-state index contributed by atoms with van der Waals surface area (Å²) in [4.78, 5) is 12.1. The molecule has 0 fully saturated rings. The summed E-state index contributed by atoms with van der Waals surface area (Å²) in [6, 6.07) is 10.7. The lowest BCUT2D eigenvalue weighted by atomic mass is 10.3. The Balaban J connectivity index is 2.39. The van der Waals surface area contributed by atoms with Crippen LogP contribution in [0.1, 0.15) is 0 Å². The summed E-state index contributed by atoms with van der Waals surface area (Å²) >= 11 is 0. The normalized spacial score (nSPS) is 10.8. The molecule has 5 heteroatoms. The molecule has 17 heavy (non-hydrogen) atoms. The second-order valence-corrected chi connectivity index (χ2v) is 3.60. The van der Waals surface area contributed by atoms with Crippen LogP contribution in [0.2, 0.25) is 0 Å². The van der Waals surface area contributed by atoms with E-state index in [-0.39, 0.29) is 11.4 Å². The number of hydrogen-bond acceptors (Lipinski definition) is 4. The van der Waals surface area contributed by atoms with Crippen LogP contribution in [0.25, 0.3) is 16.7 Å². The second kappa shape index (κ2) is 3.48. The number of furan rings is 1. The van der Waals surface area contributed by atoms with Crippen molar-refractivity contribution in [2.75, 3.05) is 5.73 Å². The molecule has 1 aromatic carbocycles. The molecule has 84 valence electrons. The van der Waals surface area contributed by atoms with Crippen LogP contribution < -0.4 is 11.3 Å².